The molecular formula is C10H15N3O2S. The maximum atomic E-state index is 11.3. The van der Waals surface area contributed by atoms with Crippen molar-refractivity contribution >= 4 is 15.5 Å². The molecule has 88 valence electrons. The van der Waals surface area contributed by atoms with Crippen molar-refractivity contribution in [3.8, 4) is 0 Å². The minimum atomic E-state index is -3.16. The predicted octanol–water partition coefficient (Wildman–Crippen LogP) is 0.787. The van der Waals surface area contributed by atoms with Gasteiger partial charge in [0.1, 0.15) is 0 Å². The monoisotopic (exact) mass is 241 g/mol. The Balaban J connectivity index is 3.13. The lowest BCUT2D eigenvalue weighted by atomic mass is 10.2. The second-order valence-electron chi connectivity index (χ2n) is 3.54. The van der Waals surface area contributed by atoms with Gasteiger partial charge in [-0.3, -0.25) is 9.67 Å². The quantitative estimate of drug-likeness (QED) is 0.735. The summed E-state index contributed by atoms with van der Waals surface area (Å²) in [5.74, 6) is 0. The first-order valence-electron chi connectivity index (χ1n) is 4.68. The molecule has 16 heavy (non-hydrogen) atoms. The Labute approximate surface area is 95.4 Å². The van der Waals surface area contributed by atoms with Crippen LogP contribution in [0.1, 0.15) is 12.5 Å². The van der Waals surface area contributed by atoms with E-state index in [1.54, 1.807) is 44.2 Å². The van der Waals surface area contributed by atoms with Crippen LogP contribution in [0.2, 0.25) is 0 Å². The Hall–Kier alpha value is -1.43. The molecule has 1 aromatic heterocycles. The first-order chi connectivity index (χ1) is 7.34. The fourth-order valence-corrected chi connectivity index (χ4v) is 1.46. The largest absolute Gasteiger partial charge is 0.288 e. The molecule has 0 aliphatic heterocycles. The Morgan fingerprint density at radius 1 is 1.56 bits per heavy atom. The van der Waals surface area contributed by atoms with E-state index in [0.29, 0.717) is 5.71 Å². The van der Waals surface area contributed by atoms with Crippen LogP contribution in [0.3, 0.4) is 0 Å². The van der Waals surface area contributed by atoms with Gasteiger partial charge >= 0.3 is 0 Å². The van der Waals surface area contributed by atoms with Gasteiger partial charge in [0.05, 0.1) is 11.9 Å². The third kappa shape index (κ3) is 3.03. The summed E-state index contributed by atoms with van der Waals surface area (Å²) in [4.78, 5) is 4.34. The topological polar surface area (TPSA) is 64.3 Å². The molecule has 1 aromatic rings. The number of aryl methyl sites for hydroxylation is 1. The van der Waals surface area contributed by atoms with E-state index in [4.69, 9.17) is 0 Å². The number of rotatable bonds is 3. The number of allylic oxidation sites excluding steroid dienone is 2. The number of nitrogens with zero attached hydrogens (tertiary/aromatic N) is 3. The fourth-order valence-electron chi connectivity index (χ4n) is 1.13. The summed E-state index contributed by atoms with van der Waals surface area (Å²) in [7, 11) is 0.259. The predicted molar refractivity (Wildman–Crippen MR) is 64.3 cm³/mol. The zero-order chi connectivity index (χ0) is 12.3. The molecule has 0 amide bonds. The standard InChI is InChI=1S/C10H15N3O2S/c1-8(16(4,14)15)5-10(11-2)9-6-12-13(3)7-9/h5-7H,1-4H3. The van der Waals surface area contributed by atoms with Crippen LogP contribution >= 0.6 is 0 Å². The minimum absolute atomic E-state index is 0.289. The SMILES string of the molecule is CN=C(C=C(C)S(C)(=O)=O)c1cnn(C)c1. The van der Waals surface area contributed by atoms with Gasteiger partial charge in [-0.1, -0.05) is 0 Å². The second kappa shape index (κ2) is 4.61. The smallest absolute Gasteiger partial charge is 0.171 e. The lowest BCUT2D eigenvalue weighted by Gasteiger charge is -1.99. The number of sulfone groups is 1. The normalized spacial score (nSPS) is 14.2. The molecule has 0 aliphatic rings. The summed E-state index contributed by atoms with van der Waals surface area (Å²) in [6, 6.07) is 0. The molecule has 6 heteroatoms. The first kappa shape index (κ1) is 12.6. The molecule has 0 atom stereocenters. The van der Waals surface area contributed by atoms with E-state index in [2.05, 4.69) is 10.1 Å². The number of hydrogen-bond acceptors (Lipinski definition) is 4. The molecule has 0 aliphatic carbocycles. The van der Waals surface area contributed by atoms with Gasteiger partial charge in [-0.15, -0.1) is 0 Å². The molecule has 0 radical (unpaired) electrons. The molecule has 0 N–H and O–H groups in total. The van der Waals surface area contributed by atoms with Gasteiger partial charge < -0.3 is 0 Å². The molecule has 5 nitrogen and oxygen atoms in total. The van der Waals surface area contributed by atoms with E-state index in [0.717, 1.165) is 5.56 Å². The van der Waals surface area contributed by atoms with Crippen molar-refractivity contribution < 1.29 is 8.42 Å². The zero-order valence-corrected chi connectivity index (χ0v) is 10.6. The maximum Gasteiger partial charge on any atom is 0.171 e. The second-order valence-corrected chi connectivity index (χ2v) is 5.73. The van der Waals surface area contributed by atoms with Crippen LogP contribution < -0.4 is 0 Å². The highest BCUT2D eigenvalue weighted by Crippen LogP contribution is 2.07. The summed E-state index contributed by atoms with van der Waals surface area (Å²) in [5.41, 5.74) is 1.41. The molecule has 0 aromatic carbocycles. The first-order valence-corrected chi connectivity index (χ1v) is 6.58. The van der Waals surface area contributed by atoms with Gasteiger partial charge in [0.2, 0.25) is 0 Å². The molecule has 1 rings (SSSR count). The van der Waals surface area contributed by atoms with Gasteiger partial charge in [0.25, 0.3) is 0 Å². The summed E-state index contributed by atoms with van der Waals surface area (Å²) in [5, 5.41) is 4.01. The van der Waals surface area contributed by atoms with Gasteiger partial charge in [0.15, 0.2) is 9.84 Å². The van der Waals surface area contributed by atoms with Crippen LogP contribution in [-0.4, -0.2) is 37.2 Å². The highest BCUT2D eigenvalue weighted by atomic mass is 32.2. The van der Waals surface area contributed by atoms with Crippen molar-refractivity contribution in [3.05, 3.63) is 28.9 Å². The van der Waals surface area contributed by atoms with Gasteiger partial charge in [0, 0.05) is 37.0 Å². The van der Waals surface area contributed by atoms with Crippen LogP contribution in [-0.2, 0) is 16.9 Å². The summed E-state index contributed by atoms with van der Waals surface area (Å²) in [6.45, 7) is 1.55. The summed E-state index contributed by atoms with van der Waals surface area (Å²) < 4.78 is 24.2. The Kier molecular flexibility index (Phi) is 3.64. The van der Waals surface area contributed by atoms with E-state index in [1.807, 2.05) is 0 Å². The van der Waals surface area contributed by atoms with Crippen LogP contribution in [0, 0.1) is 0 Å². The molecule has 0 fully saturated rings. The Morgan fingerprint density at radius 2 is 2.19 bits per heavy atom. The van der Waals surface area contributed by atoms with E-state index in [9.17, 15) is 8.42 Å². The highest BCUT2D eigenvalue weighted by Gasteiger charge is 2.08. The summed E-state index contributed by atoms with van der Waals surface area (Å²) >= 11 is 0. The maximum absolute atomic E-state index is 11.3. The molecular weight excluding hydrogens is 226 g/mol. The Morgan fingerprint density at radius 3 is 2.56 bits per heavy atom. The zero-order valence-electron chi connectivity index (χ0n) is 9.80. The van der Waals surface area contributed by atoms with Gasteiger partial charge in [-0.05, 0) is 13.0 Å². The average molecular weight is 241 g/mol. The van der Waals surface area contributed by atoms with Crippen LogP contribution in [0.15, 0.2) is 28.4 Å². The Bertz CT molecular complexity index is 538. The van der Waals surface area contributed by atoms with E-state index >= 15 is 0 Å². The third-order valence-corrected chi connectivity index (χ3v) is 3.45. The molecule has 0 spiro atoms. The number of hydrogen-bond donors (Lipinski definition) is 0. The molecule has 0 unspecified atom stereocenters. The van der Waals surface area contributed by atoms with Crippen molar-refractivity contribution in [1.82, 2.24) is 9.78 Å². The van der Waals surface area contributed by atoms with Gasteiger partial charge in [-0.2, -0.15) is 5.10 Å². The fraction of sp³-hybridized carbons (Fsp3) is 0.400. The van der Waals surface area contributed by atoms with E-state index < -0.39 is 9.84 Å². The van der Waals surface area contributed by atoms with Crippen LogP contribution in [0.4, 0.5) is 0 Å². The van der Waals surface area contributed by atoms with Crippen LogP contribution in [0.25, 0.3) is 0 Å². The lowest BCUT2D eigenvalue weighted by Crippen LogP contribution is -2.02. The third-order valence-electron chi connectivity index (χ3n) is 2.17. The van der Waals surface area contributed by atoms with Crippen molar-refractivity contribution in [3.63, 3.8) is 0 Å². The van der Waals surface area contributed by atoms with Gasteiger partial charge in [-0.25, -0.2) is 8.42 Å². The van der Waals surface area contributed by atoms with E-state index in [-0.39, 0.29) is 4.91 Å². The molecule has 1 heterocycles. The average Bonchev–Trinajstić information content (AvgIpc) is 2.59. The molecule has 0 bridgehead atoms. The van der Waals surface area contributed by atoms with Crippen molar-refractivity contribution in [2.24, 2.45) is 12.0 Å². The van der Waals surface area contributed by atoms with Crippen molar-refractivity contribution in [1.29, 1.82) is 0 Å². The molecule has 0 saturated heterocycles. The number of aromatic nitrogens is 2. The molecule has 0 saturated carbocycles. The minimum Gasteiger partial charge on any atom is -0.288 e. The summed E-state index contributed by atoms with van der Waals surface area (Å²) in [6.07, 6.45) is 6.16. The highest BCUT2D eigenvalue weighted by molar-refractivity contribution is 7.94. The van der Waals surface area contributed by atoms with Crippen molar-refractivity contribution in [2.45, 2.75) is 6.92 Å². The van der Waals surface area contributed by atoms with E-state index in [1.165, 1.54) is 6.26 Å². The lowest BCUT2D eigenvalue weighted by molar-refractivity contribution is 0.607. The number of aliphatic imine (C=N–C) groups is 1. The van der Waals surface area contributed by atoms with Crippen LogP contribution in [0.5, 0.6) is 0 Å². The van der Waals surface area contributed by atoms with Crippen molar-refractivity contribution in [2.75, 3.05) is 13.3 Å².